The summed E-state index contributed by atoms with van der Waals surface area (Å²) in [7, 11) is -3.16. The molecular weight excluding hydrogens is 248 g/mol. The fraction of sp³-hybridized carbons (Fsp3) is 0.833. The van der Waals surface area contributed by atoms with Crippen LogP contribution in [0.2, 0.25) is 39.3 Å². The lowest BCUT2D eigenvalue weighted by Crippen LogP contribution is -2.35. The third kappa shape index (κ3) is 10.8. The summed E-state index contributed by atoms with van der Waals surface area (Å²) in [5.41, 5.74) is 0. The summed E-state index contributed by atoms with van der Waals surface area (Å²) in [5, 5.41) is 0. The second-order valence-corrected chi connectivity index (χ2v) is 15.0. The summed E-state index contributed by atoms with van der Waals surface area (Å²) >= 11 is 0. The van der Waals surface area contributed by atoms with E-state index in [0.717, 1.165) is 5.76 Å². The van der Waals surface area contributed by atoms with Crippen LogP contribution in [0.5, 0.6) is 0 Å². The zero-order valence-corrected chi connectivity index (χ0v) is 14.4. The van der Waals surface area contributed by atoms with Crippen LogP contribution in [-0.4, -0.2) is 29.5 Å². The van der Waals surface area contributed by atoms with Gasteiger partial charge in [0.1, 0.15) is 0 Å². The van der Waals surface area contributed by atoms with Gasteiger partial charge in [-0.05, 0) is 46.2 Å². The first-order valence-electron chi connectivity index (χ1n) is 6.19. The molecule has 0 bridgehead atoms. The van der Waals surface area contributed by atoms with E-state index in [1.807, 2.05) is 6.92 Å². The molecule has 0 radical (unpaired) electrons. The van der Waals surface area contributed by atoms with Gasteiger partial charge in [-0.25, -0.2) is 0 Å². The maximum atomic E-state index is 5.95. The smallest absolute Gasteiger partial charge is 0.241 e. The molecular formula is C12H28O3Si2. The van der Waals surface area contributed by atoms with E-state index < -0.39 is 16.6 Å². The molecule has 0 aromatic rings. The molecule has 102 valence electrons. The average Bonchev–Trinajstić information content (AvgIpc) is 1.95. The molecule has 0 heterocycles. The molecule has 0 aromatic carbocycles. The van der Waals surface area contributed by atoms with Crippen LogP contribution in [-0.2, 0) is 13.6 Å². The maximum Gasteiger partial charge on any atom is 0.241 e. The van der Waals surface area contributed by atoms with E-state index in [1.54, 1.807) is 0 Å². The lowest BCUT2D eigenvalue weighted by atomic mass is 10.4. The van der Waals surface area contributed by atoms with Gasteiger partial charge in [0.25, 0.3) is 0 Å². The lowest BCUT2D eigenvalue weighted by molar-refractivity contribution is -0.0832. The third-order valence-electron chi connectivity index (χ3n) is 1.68. The first-order valence-corrected chi connectivity index (χ1v) is 13.0. The molecule has 0 aliphatic carbocycles. The second-order valence-electron chi connectivity index (χ2n) is 6.07. The minimum absolute atomic E-state index is 0.212. The fourth-order valence-corrected chi connectivity index (χ4v) is 3.26. The van der Waals surface area contributed by atoms with Crippen molar-refractivity contribution in [3.63, 3.8) is 0 Å². The van der Waals surface area contributed by atoms with Crippen LogP contribution in [0.25, 0.3) is 0 Å². The van der Waals surface area contributed by atoms with Crippen molar-refractivity contribution < 1.29 is 13.6 Å². The van der Waals surface area contributed by atoms with Crippen LogP contribution in [0, 0.1) is 0 Å². The van der Waals surface area contributed by atoms with Gasteiger partial charge in [0, 0.05) is 6.61 Å². The van der Waals surface area contributed by atoms with Crippen molar-refractivity contribution in [2.45, 2.75) is 58.9 Å². The summed E-state index contributed by atoms with van der Waals surface area (Å²) in [4.78, 5) is 0. The lowest BCUT2D eigenvalue weighted by Gasteiger charge is -2.28. The Bertz CT molecular complexity index is 241. The first-order chi connectivity index (χ1) is 7.53. The van der Waals surface area contributed by atoms with Gasteiger partial charge in [0.05, 0.1) is 12.2 Å². The summed E-state index contributed by atoms with van der Waals surface area (Å²) < 4.78 is 17.4. The van der Waals surface area contributed by atoms with Crippen LogP contribution in [0.4, 0.5) is 0 Å². The molecule has 0 rings (SSSR count). The van der Waals surface area contributed by atoms with Crippen molar-refractivity contribution in [3.05, 3.63) is 12.3 Å². The predicted molar refractivity (Wildman–Crippen MR) is 78.0 cm³/mol. The van der Waals surface area contributed by atoms with Crippen molar-refractivity contribution >= 4 is 16.6 Å². The van der Waals surface area contributed by atoms with Crippen LogP contribution >= 0.6 is 0 Å². The van der Waals surface area contributed by atoms with E-state index in [9.17, 15) is 0 Å². The largest absolute Gasteiger partial charge is 0.548 e. The van der Waals surface area contributed by atoms with Gasteiger partial charge in [0.15, 0.2) is 14.6 Å². The molecule has 0 aliphatic rings. The Labute approximate surface area is 108 Å². The topological polar surface area (TPSA) is 27.7 Å². The Hall–Kier alpha value is -0.106. The maximum absolute atomic E-state index is 5.95. The van der Waals surface area contributed by atoms with Gasteiger partial charge < -0.3 is 13.6 Å². The third-order valence-corrected chi connectivity index (χ3v) is 3.55. The van der Waals surface area contributed by atoms with Gasteiger partial charge in [-0.2, -0.15) is 0 Å². The van der Waals surface area contributed by atoms with Crippen molar-refractivity contribution in [3.8, 4) is 0 Å². The number of hydrogen-bond donors (Lipinski definition) is 0. The van der Waals surface area contributed by atoms with Crippen LogP contribution in [0.1, 0.15) is 13.3 Å². The van der Waals surface area contributed by atoms with Crippen molar-refractivity contribution in [2.24, 2.45) is 0 Å². The molecule has 0 N–H and O–H groups in total. The summed E-state index contributed by atoms with van der Waals surface area (Å²) in [6.45, 7) is 19.5. The Kier molecular flexibility index (Phi) is 6.68. The van der Waals surface area contributed by atoms with E-state index in [0.29, 0.717) is 13.0 Å². The predicted octanol–water partition coefficient (Wildman–Crippen LogP) is 3.96. The van der Waals surface area contributed by atoms with Crippen LogP contribution in [0.15, 0.2) is 12.3 Å². The molecule has 0 saturated carbocycles. The Balaban J connectivity index is 4.30. The van der Waals surface area contributed by atoms with Crippen LogP contribution < -0.4 is 0 Å². The quantitative estimate of drug-likeness (QED) is 0.381. The first kappa shape index (κ1) is 16.9. The van der Waals surface area contributed by atoms with Gasteiger partial charge in [-0.3, -0.25) is 0 Å². The van der Waals surface area contributed by atoms with Gasteiger partial charge in [-0.15, -0.1) is 0 Å². The van der Waals surface area contributed by atoms with E-state index in [1.165, 1.54) is 0 Å². The summed E-state index contributed by atoms with van der Waals surface area (Å²) in [6.07, 6.45) is 0.415. The van der Waals surface area contributed by atoms with Crippen LogP contribution in [0.3, 0.4) is 0 Å². The highest BCUT2D eigenvalue weighted by Crippen LogP contribution is 2.18. The molecule has 0 aromatic heterocycles. The molecule has 17 heavy (non-hydrogen) atoms. The molecule has 0 saturated heterocycles. The minimum atomic E-state index is -1.59. The van der Waals surface area contributed by atoms with Crippen molar-refractivity contribution in [1.82, 2.24) is 0 Å². The Morgan fingerprint density at radius 1 is 1.06 bits per heavy atom. The molecule has 0 aliphatic heterocycles. The minimum Gasteiger partial charge on any atom is -0.548 e. The number of rotatable bonds is 8. The highest BCUT2D eigenvalue weighted by Gasteiger charge is 2.24. The Morgan fingerprint density at radius 3 is 1.94 bits per heavy atom. The fourth-order valence-electron chi connectivity index (χ4n) is 1.38. The molecule has 1 unspecified atom stereocenters. The molecule has 3 nitrogen and oxygen atoms in total. The van der Waals surface area contributed by atoms with Crippen molar-refractivity contribution in [2.75, 3.05) is 6.61 Å². The Morgan fingerprint density at radius 2 is 1.59 bits per heavy atom. The van der Waals surface area contributed by atoms with Gasteiger partial charge >= 0.3 is 0 Å². The number of ether oxygens (including phenoxy) is 1. The molecule has 0 amide bonds. The zero-order chi connectivity index (χ0) is 13.7. The van der Waals surface area contributed by atoms with Gasteiger partial charge in [-0.1, -0.05) is 6.58 Å². The zero-order valence-electron chi connectivity index (χ0n) is 12.4. The van der Waals surface area contributed by atoms with E-state index in [4.69, 9.17) is 13.6 Å². The normalized spacial score (nSPS) is 14.5. The molecule has 1 atom stereocenters. The van der Waals surface area contributed by atoms with E-state index >= 15 is 0 Å². The molecule has 0 spiro atoms. The van der Waals surface area contributed by atoms with E-state index in [-0.39, 0.29) is 6.29 Å². The highest BCUT2D eigenvalue weighted by atomic mass is 28.4. The molecule has 0 fully saturated rings. The number of hydrogen-bond acceptors (Lipinski definition) is 3. The SMILES string of the molecule is C=C(CC(OCC)O[Si](C)(C)C)O[Si](C)(C)C. The monoisotopic (exact) mass is 276 g/mol. The second kappa shape index (κ2) is 6.73. The highest BCUT2D eigenvalue weighted by molar-refractivity contribution is 6.70. The average molecular weight is 277 g/mol. The standard InChI is InChI=1S/C12H28O3Si2/c1-9-13-12(15-17(6,7)8)10-11(2)14-16(3,4)5/h12H,2,9-10H2,1,3-8H3. The van der Waals surface area contributed by atoms with E-state index in [2.05, 4.69) is 45.9 Å². The van der Waals surface area contributed by atoms with Crippen molar-refractivity contribution in [1.29, 1.82) is 0 Å². The van der Waals surface area contributed by atoms with Gasteiger partial charge in [0.2, 0.25) is 8.32 Å². The summed E-state index contributed by atoms with van der Waals surface area (Å²) in [6, 6.07) is 0. The molecule has 5 heteroatoms. The summed E-state index contributed by atoms with van der Waals surface area (Å²) in [5.74, 6) is 0.779.